The first-order chi connectivity index (χ1) is 14.9. The molecule has 0 radical (unpaired) electrons. The molecule has 0 saturated carbocycles. The molecule has 160 valence electrons. The van der Waals surface area contributed by atoms with Crippen LogP contribution in [0.2, 0.25) is 0 Å². The van der Waals surface area contributed by atoms with E-state index < -0.39 is 10.0 Å². The van der Waals surface area contributed by atoms with Gasteiger partial charge in [-0.25, -0.2) is 8.42 Å². The zero-order chi connectivity index (χ0) is 22.0. The highest BCUT2D eigenvalue weighted by Crippen LogP contribution is 2.24. The number of nitriles is 1. The lowest BCUT2D eigenvalue weighted by Crippen LogP contribution is -2.48. The molecule has 1 aromatic heterocycles. The lowest BCUT2D eigenvalue weighted by atomic mass is 10.1. The fraction of sp³-hybridized carbons (Fsp3) is 0.318. The van der Waals surface area contributed by atoms with Crippen molar-refractivity contribution in [2.75, 3.05) is 26.2 Å². The van der Waals surface area contributed by atoms with Crippen molar-refractivity contribution < 1.29 is 12.9 Å². The first kappa shape index (κ1) is 21.2. The molecule has 1 fully saturated rings. The van der Waals surface area contributed by atoms with Crippen LogP contribution in [0.15, 0.2) is 51.9 Å². The van der Waals surface area contributed by atoms with Gasteiger partial charge in [-0.3, -0.25) is 4.90 Å². The molecule has 1 saturated heterocycles. The number of piperazine rings is 1. The Morgan fingerprint density at radius 3 is 2.52 bits per heavy atom. The topological polar surface area (TPSA) is 103 Å². The van der Waals surface area contributed by atoms with E-state index in [9.17, 15) is 8.42 Å². The van der Waals surface area contributed by atoms with Gasteiger partial charge < -0.3 is 4.52 Å². The molecule has 0 atom stereocenters. The number of nitrogens with zero attached hydrogens (tertiary/aromatic N) is 5. The second-order valence-electron chi connectivity index (χ2n) is 7.60. The van der Waals surface area contributed by atoms with Crippen LogP contribution in [-0.4, -0.2) is 53.9 Å². The van der Waals surface area contributed by atoms with Crippen molar-refractivity contribution in [1.29, 1.82) is 5.26 Å². The molecule has 0 bridgehead atoms. The summed E-state index contributed by atoms with van der Waals surface area (Å²) in [6.07, 6.45) is 0. The number of hydrogen-bond donors (Lipinski definition) is 0. The summed E-state index contributed by atoms with van der Waals surface area (Å²) in [6, 6.07) is 14.6. The Kier molecular flexibility index (Phi) is 5.87. The van der Waals surface area contributed by atoms with E-state index in [1.54, 1.807) is 19.1 Å². The van der Waals surface area contributed by atoms with Gasteiger partial charge in [-0.05, 0) is 37.1 Å². The zero-order valence-corrected chi connectivity index (χ0v) is 18.3. The van der Waals surface area contributed by atoms with Crippen LogP contribution >= 0.6 is 0 Å². The van der Waals surface area contributed by atoms with Crippen LogP contribution in [0.4, 0.5) is 0 Å². The van der Waals surface area contributed by atoms with Crippen LogP contribution in [0.3, 0.4) is 0 Å². The van der Waals surface area contributed by atoms with Crippen molar-refractivity contribution in [3.8, 4) is 17.5 Å². The minimum absolute atomic E-state index is 0.194. The molecule has 1 aliphatic heterocycles. The summed E-state index contributed by atoms with van der Waals surface area (Å²) in [4.78, 5) is 6.79. The van der Waals surface area contributed by atoms with Gasteiger partial charge in [0, 0.05) is 31.7 Å². The molecule has 1 aliphatic rings. The average Bonchev–Trinajstić information content (AvgIpc) is 3.23. The molecule has 4 rings (SSSR count). The van der Waals surface area contributed by atoms with Gasteiger partial charge >= 0.3 is 0 Å². The molecule has 0 unspecified atom stereocenters. The number of benzene rings is 2. The summed E-state index contributed by atoms with van der Waals surface area (Å²) >= 11 is 0. The molecule has 2 heterocycles. The van der Waals surface area contributed by atoms with Crippen molar-refractivity contribution in [3.63, 3.8) is 0 Å². The molecule has 2 aromatic carbocycles. The summed E-state index contributed by atoms with van der Waals surface area (Å²) in [5.41, 5.74) is 2.98. The molecule has 0 amide bonds. The highest BCUT2D eigenvalue weighted by Gasteiger charge is 2.30. The first-order valence-electron chi connectivity index (χ1n) is 10.0. The van der Waals surface area contributed by atoms with E-state index in [0.29, 0.717) is 55.6 Å². The molecule has 8 nitrogen and oxygen atoms in total. The fourth-order valence-electron chi connectivity index (χ4n) is 3.66. The van der Waals surface area contributed by atoms with Crippen molar-refractivity contribution in [2.24, 2.45) is 0 Å². The Bertz CT molecular complexity index is 1240. The van der Waals surface area contributed by atoms with E-state index in [4.69, 9.17) is 9.78 Å². The normalized spacial score (nSPS) is 15.6. The minimum Gasteiger partial charge on any atom is -0.338 e. The number of rotatable bonds is 5. The monoisotopic (exact) mass is 437 g/mol. The van der Waals surface area contributed by atoms with Gasteiger partial charge in [-0.2, -0.15) is 14.6 Å². The van der Waals surface area contributed by atoms with E-state index in [1.807, 2.05) is 37.3 Å². The van der Waals surface area contributed by atoms with Crippen molar-refractivity contribution >= 4 is 10.0 Å². The second kappa shape index (κ2) is 8.59. The van der Waals surface area contributed by atoms with Gasteiger partial charge in [0.2, 0.25) is 21.7 Å². The third-order valence-electron chi connectivity index (χ3n) is 5.48. The highest BCUT2D eigenvalue weighted by atomic mass is 32.2. The maximum absolute atomic E-state index is 13.1. The van der Waals surface area contributed by atoms with E-state index >= 15 is 0 Å². The Balaban J connectivity index is 1.42. The van der Waals surface area contributed by atoms with Crippen molar-refractivity contribution in [3.05, 3.63) is 65.0 Å². The maximum Gasteiger partial charge on any atom is 0.243 e. The third-order valence-corrected chi connectivity index (χ3v) is 7.52. The van der Waals surface area contributed by atoms with Gasteiger partial charge in [-0.1, -0.05) is 35.5 Å². The van der Waals surface area contributed by atoms with Gasteiger partial charge in [0.05, 0.1) is 23.1 Å². The van der Waals surface area contributed by atoms with E-state index in [2.05, 4.69) is 15.0 Å². The Hall–Kier alpha value is -3.06. The van der Waals surface area contributed by atoms with E-state index in [0.717, 1.165) is 11.1 Å². The molecule has 9 heteroatoms. The maximum atomic E-state index is 13.1. The van der Waals surface area contributed by atoms with Crippen LogP contribution in [0.5, 0.6) is 0 Å². The molecule has 3 aromatic rings. The summed E-state index contributed by atoms with van der Waals surface area (Å²) in [7, 11) is -3.65. The summed E-state index contributed by atoms with van der Waals surface area (Å²) in [5, 5.41) is 13.2. The number of aryl methyl sites for hydroxylation is 2. The Morgan fingerprint density at radius 1 is 1.06 bits per heavy atom. The molecule has 0 aliphatic carbocycles. The van der Waals surface area contributed by atoms with Crippen molar-refractivity contribution in [2.45, 2.75) is 25.3 Å². The van der Waals surface area contributed by atoms with Gasteiger partial charge in [-0.15, -0.1) is 0 Å². The Labute approximate surface area is 181 Å². The lowest BCUT2D eigenvalue weighted by molar-refractivity contribution is 0.163. The predicted molar refractivity (Wildman–Crippen MR) is 114 cm³/mol. The summed E-state index contributed by atoms with van der Waals surface area (Å²) in [6.45, 7) is 6.03. The van der Waals surface area contributed by atoms with Gasteiger partial charge in [0.1, 0.15) is 0 Å². The molecular formula is C22H23N5O3S. The predicted octanol–water partition coefficient (Wildman–Crippen LogP) is 2.73. The largest absolute Gasteiger partial charge is 0.338 e. The number of aromatic nitrogens is 2. The van der Waals surface area contributed by atoms with E-state index in [1.165, 1.54) is 10.4 Å². The summed E-state index contributed by atoms with van der Waals surface area (Å²) in [5.74, 6) is 1.06. The first-order valence-corrected chi connectivity index (χ1v) is 11.4. The third kappa shape index (κ3) is 4.37. The van der Waals surface area contributed by atoms with Crippen LogP contribution in [-0.2, 0) is 16.6 Å². The number of hydrogen-bond acceptors (Lipinski definition) is 7. The molecule has 31 heavy (non-hydrogen) atoms. The van der Waals surface area contributed by atoms with Crippen LogP contribution in [0, 0.1) is 25.2 Å². The smallest absolute Gasteiger partial charge is 0.243 e. The standard InChI is InChI=1S/C22H23N5O3S/c1-16-5-3-4-6-19(16)22-24-21(30-25-22)15-26-9-11-27(12-10-26)31(28,29)20-13-18(14-23)8-7-17(20)2/h3-8,13H,9-12,15H2,1-2H3. The molecule has 0 N–H and O–H groups in total. The lowest BCUT2D eigenvalue weighted by Gasteiger charge is -2.33. The molecule has 0 spiro atoms. The zero-order valence-electron chi connectivity index (χ0n) is 17.4. The summed E-state index contributed by atoms with van der Waals surface area (Å²) < 4.78 is 33.1. The van der Waals surface area contributed by atoms with E-state index in [-0.39, 0.29) is 4.90 Å². The van der Waals surface area contributed by atoms with Crippen LogP contribution in [0.1, 0.15) is 22.6 Å². The number of sulfonamides is 1. The van der Waals surface area contributed by atoms with Crippen LogP contribution in [0.25, 0.3) is 11.4 Å². The SMILES string of the molecule is Cc1ccccc1-c1noc(CN2CCN(S(=O)(=O)c3cc(C#N)ccc3C)CC2)n1. The Morgan fingerprint density at radius 2 is 1.81 bits per heavy atom. The fourth-order valence-corrected chi connectivity index (χ4v) is 5.33. The quantitative estimate of drug-likeness (QED) is 0.604. The van der Waals surface area contributed by atoms with Crippen molar-refractivity contribution in [1.82, 2.24) is 19.3 Å². The van der Waals surface area contributed by atoms with Crippen LogP contribution < -0.4 is 0 Å². The highest BCUT2D eigenvalue weighted by molar-refractivity contribution is 7.89. The van der Waals surface area contributed by atoms with Gasteiger partial charge in [0.15, 0.2) is 0 Å². The minimum atomic E-state index is -3.65. The molecular weight excluding hydrogens is 414 g/mol. The second-order valence-corrected chi connectivity index (χ2v) is 9.51. The average molecular weight is 438 g/mol. The van der Waals surface area contributed by atoms with Gasteiger partial charge in [0.25, 0.3) is 0 Å².